The minimum absolute atomic E-state index is 0.671. The number of nitrogens with zero attached hydrogens (tertiary/aromatic N) is 1. The molecule has 0 aliphatic carbocycles. The van der Waals surface area contributed by atoms with Crippen molar-refractivity contribution in [2.24, 2.45) is 5.92 Å². The lowest BCUT2D eigenvalue weighted by atomic mass is 10.1. The van der Waals surface area contributed by atoms with Gasteiger partial charge in [0.2, 0.25) is 0 Å². The fourth-order valence-electron chi connectivity index (χ4n) is 1.32. The highest BCUT2D eigenvalue weighted by Crippen LogP contribution is 2.05. The van der Waals surface area contributed by atoms with Crippen LogP contribution in [-0.4, -0.2) is 24.5 Å². The summed E-state index contributed by atoms with van der Waals surface area (Å²) in [7, 11) is 0. The average molecular weight is 196 g/mol. The van der Waals surface area contributed by atoms with Crippen LogP contribution >= 0.6 is 0 Å². The highest BCUT2D eigenvalue weighted by atomic mass is 15.1. The van der Waals surface area contributed by atoms with Crippen molar-refractivity contribution in [2.75, 3.05) is 19.6 Å². The maximum atomic E-state index is 3.84. The quantitative estimate of drug-likeness (QED) is 0.642. The first kappa shape index (κ1) is 13.1. The molecule has 2 nitrogen and oxygen atoms in total. The minimum atomic E-state index is 0.671. The summed E-state index contributed by atoms with van der Waals surface area (Å²) < 4.78 is 0. The van der Waals surface area contributed by atoms with Gasteiger partial charge in [-0.3, -0.25) is 0 Å². The van der Waals surface area contributed by atoms with Gasteiger partial charge in [0.1, 0.15) is 0 Å². The summed E-state index contributed by atoms with van der Waals surface area (Å²) in [6.45, 7) is 17.1. The molecule has 0 fully saturated rings. The summed E-state index contributed by atoms with van der Waals surface area (Å²) in [6, 6.07) is 0. The van der Waals surface area contributed by atoms with Crippen molar-refractivity contribution in [2.45, 2.75) is 27.2 Å². The predicted octanol–water partition coefficient (Wildman–Crippen LogP) is 2.60. The van der Waals surface area contributed by atoms with Crippen LogP contribution in [0.5, 0.6) is 0 Å². The monoisotopic (exact) mass is 196 g/mol. The van der Waals surface area contributed by atoms with Gasteiger partial charge in [0.25, 0.3) is 0 Å². The Balaban J connectivity index is 3.88. The standard InChI is InChI=1S/C12H24N2/c1-6-12(9-13-11(4)5)10-14(7-2)8-3/h7,12-13H,2,4,6,8-10H2,1,3,5H3. The van der Waals surface area contributed by atoms with E-state index in [4.69, 9.17) is 0 Å². The van der Waals surface area contributed by atoms with E-state index in [0.29, 0.717) is 5.92 Å². The summed E-state index contributed by atoms with van der Waals surface area (Å²) in [5.74, 6) is 0.671. The SMILES string of the molecule is C=CN(CC)CC(CC)CNC(=C)C. The molecule has 0 aliphatic heterocycles. The van der Waals surface area contributed by atoms with Crippen LogP contribution in [0.2, 0.25) is 0 Å². The van der Waals surface area contributed by atoms with E-state index in [9.17, 15) is 0 Å². The highest BCUT2D eigenvalue weighted by molar-refractivity contribution is 4.86. The molecule has 0 aromatic rings. The highest BCUT2D eigenvalue weighted by Gasteiger charge is 2.08. The molecule has 0 aliphatic rings. The molecular weight excluding hydrogens is 172 g/mol. The van der Waals surface area contributed by atoms with Gasteiger partial charge >= 0.3 is 0 Å². The Morgan fingerprint density at radius 1 is 1.50 bits per heavy atom. The van der Waals surface area contributed by atoms with E-state index in [1.54, 1.807) is 0 Å². The van der Waals surface area contributed by atoms with Gasteiger partial charge in [-0.25, -0.2) is 0 Å². The first-order valence-electron chi connectivity index (χ1n) is 5.39. The third-order valence-corrected chi connectivity index (χ3v) is 2.43. The van der Waals surface area contributed by atoms with Gasteiger partial charge in [0.05, 0.1) is 0 Å². The number of rotatable bonds is 8. The molecule has 1 atom stereocenters. The smallest absolute Gasteiger partial charge is 0.0217 e. The molecule has 0 saturated heterocycles. The Bertz CT molecular complexity index is 175. The third kappa shape index (κ3) is 5.68. The Morgan fingerprint density at radius 3 is 2.50 bits per heavy atom. The van der Waals surface area contributed by atoms with E-state index >= 15 is 0 Å². The lowest BCUT2D eigenvalue weighted by molar-refractivity contribution is 0.309. The minimum Gasteiger partial charge on any atom is -0.389 e. The van der Waals surface area contributed by atoms with E-state index in [1.807, 2.05) is 13.1 Å². The molecule has 0 bridgehead atoms. The molecule has 0 rings (SSSR count). The first-order valence-corrected chi connectivity index (χ1v) is 5.39. The molecule has 82 valence electrons. The van der Waals surface area contributed by atoms with Gasteiger partial charge in [-0.15, -0.1) is 0 Å². The molecule has 2 heteroatoms. The molecule has 0 aromatic carbocycles. The van der Waals surface area contributed by atoms with Crippen LogP contribution in [0.25, 0.3) is 0 Å². The second-order valence-corrected chi connectivity index (χ2v) is 3.71. The lowest BCUT2D eigenvalue weighted by Gasteiger charge is -2.24. The van der Waals surface area contributed by atoms with Crippen molar-refractivity contribution in [3.8, 4) is 0 Å². The maximum Gasteiger partial charge on any atom is 0.0217 e. The summed E-state index contributed by atoms with van der Waals surface area (Å²) in [6.07, 6.45) is 3.11. The molecule has 0 aromatic heterocycles. The summed E-state index contributed by atoms with van der Waals surface area (Å²) in [5, 5.41) is 3.29. The van der Waals surface area contributed by atoms with Gasteiger partial charge in [0, 0.05) is 25.3 Å². The number of nitrogens with one attached hydrogen (secondary N) is 1. The fraction of sp³-hybridized carbons (Fsp3) is 0.667. The van der Waals surface area contributed by atoms with Crippen LogP contribution in [0.1, 0.15) is 27.2 Å². The Hall–Kier alpha value is -0.920. The second kappa shape index (κ2) is 7.48. The normalized spacial score (nSPS) is 11.9. The zero-order valence-electron chi connectivity index (χ0n) is 9.84. The van der Waals surface area contributed by atoms with E-state index in [0.717, 1.165) is 25.3 Å². The van der Waals surface area contributed by atoms with E-state index in [1.165, 1.54) is 6.42 Å². The largest absolute Gasteiger partial charge is 0.389 e. The van der Waals surface area contributed by atoms with Crippen LogP contribution < -0.4 is 5.32 Å². The molecular formula is C12H24N2. The molecule has 1 N–H and O–H groups in total. The Morgan fingerprint density at radius 2 is 2.14 bits per heavy atom. The van der Waals surface area contributed by atoms with Crippen LogP contribution in [0.15, 0.2) is 25.1 Å². The van der Waals surface area contributed by atoms with Crippen LogP contribution in [0.3, 0.4) is 0 Å². The van der Waals surface area contributed by atoms with Gasteiger partial charge in [0.15, 0.2) is 0 Å². The van der Waals surface area contributed by atoms with E-state index in [-0.39, 0.29) is 0 Å². The zero-order valence-corrected chi connectivity index (χ0v) is 9.84. The van der Waals surface area contributed by atoms with Crippen LogP contribution in [-0.2, 0) is 0 Å². The molecule has 0 amide bonds. The van der Waals surface area contributed by atoms with Crippen molar-refractivity contribution in [3.05, 3.63) is 25.1 Å². The van der Waals surface area contributed by atoms with Crippen molar-refractivity contribution in [1.82, 2.24) is 10.2 Å². The number of hydrogen-bond donors (Lipinski definition) is 1. The predicted molar refractivity (Wildman–Crippen MR) is 64.0 cm³/mol. The van der Waals surface area contributed by atoms with Gasteiger partial charge in [-0.1, -0.05) is 20.1 Å². The second-order valence-electron chi connectivity index (χ2n) is 3.71. The van der Waals surface area contributed by atoms with Gasteiger partial charge in [-0.2, -0.15) is 0 Å². The molecule has 0 spiro atoms. The lowest BCUT2D eigenvalue weighted by Crippen LogP contribution is -2.30. The van der Waals surface area contributed by atoms with Gasteiger partial charge in [-0.05, 0) is 32.4 Å². The summed E-state index contributed by atoms with van der Waals surface area (Å²) in [5.41, 5.74) is 1.05. The average Bonchev–Trinajstić information content (AvgIpc) is 2.18. The molecule has 14 heavy (non-hydrogen) atoms. The maximum absolute atomic E-state index is 3.84. The zero-order chi connectivity index (χ0) is 11.0. The molecule has 0 saturated carbocycles. The van der Waals surface area contributed by atoms with Crippen molar-refractivity contribution < 1.29 is 0 Å². The summed E-state index contributed by atoms with van der Waals surface area (Å²) in [4.78, 5) is 2.24. The van der Waals surface area contributed by atoms with Crippen molar-refractivity contribution in [3.63, 3.8) is 0 Å². The molecule has 1 unspecified atom stereocenters. The first-order chi connectivity index (χ1) is 6.63. The van der Waals surface area contributed by atoms with Crippen LogP contribution in [0.4, 0.5) is 0 Å². The van der Waals surface area contributed by atoms with Crippen molar-refractivity contribution >= 4 is 0 Å². The Kier molecular flexibility index (Phi) is 6.99. The Labute approximate surface area is 88.7 Å². The topological polar surface area (TPSA) is 15.3 Å². The number of hydrogen-bond acceptors (Lipinski definition) is 2. The van der Waals surface area contributed by atoms with Crippen LogP contribution in [0, 0.1) is 5.92 Å². The third-order valence-electron chi connectivity index (χ3n) is 2.43. The van der Waals surface area contributed by atoms with Crippen molar-refractivity contribution in [1.29, 1.82) is 0 Å². The van der Waals surface area contributed by atoms with Gasteiger partial charge < -0.3 is 10.2 Å². The molecule has 0 heterocycles. The number of allylic oxidation sites excluding steroid dienone is 1. The van der Waals surface area contributed by atoms with E-state index < -0.39 is 0 Å². The van der Waals surface area contributed by atoms with E-state index in [2.05, 4.69) is 37.2 Å². The summed E-state index contributed by atoms with van der Waals surface area (Å²) >= 11 is 0. The fourth-order valence-corrected chi connectivity index (χ4v) is 1.32. The molecule has 0 radical (unpaired) electrons.